The van der Waals surface area contributed by atoms with E-state index in [4.69, 9.17) is 0 Å². The van der Waals surface area contributed by atoms with Gasteiger partial charge in [-0.1, -0.05) is 38.1 Å². The van der Waals surface area contributed by atoms with Gasteiger partial charge in [0.1, 0.15) is 0 Å². The summed E-state index contributed by atoms with van der Waals surface area (Å²) in [5, 5.41) is 4.22. The molecule has 0 atom stereocenters. The Kier molecular flexibility index (Phi) is 5.48. The van der Waals surface area contributed by atoms with Gasteiger partial charge in [0, 0.05) is 11.9 Å². The van der Waals surface area contributed by atoms with Crippen LogP contribution in [0.25, 0.3) is 0 Å². The summed E-state index contributed by atoms with van der Waals surface area (Å²) in [6.07, 6.45) is 3.58. The molecule has 0 spiro atoms. The van der Waals surface area contributed by atoms with Crippen molar-refractivity contribution in [1.82, 2.24) is 9.78 Å². The van der Waals surface area contributed by atoms with Gasteiger partial charge in [0.15, 0.2) is 0 Å². The number of benzene rings is 2. The smallest absolute Gasteiger partial charge is 0.261 e. The minimum Gasteiger partial charge on any atom is -0.280 e. The van der Waals surface area contributed by atoms with Crippen molar-refractivity contribution in [2.45, 2.75) is 31.2 Å². The van der Waals surface area contributed by atoms with E-state index in [1.54, 1.807) is 29.1 Å². The number of nitrogens with one attached hydrogen (secondary N) is 1. The molecule has 5 nitrogen and oxygen atoms in total. The van der Waals surface area contributed by atoms with Crippen LogP contribution >= 0.6 is 15.9 Å². The Labute approximate surface area is 162 Å². The van der Waals surface area contributed by atoms with E-state index in [2.05, 4.69) is 39.6 Å². The predicted molar refractivity (Wildman–Crippen MR) is 107 cm³/mol. The Morgan fingerprint density at radius 2 is 1.88 bits per heavy atom. The monoisotopic (exact) mass is 433 g/mol. The van der Waals surface area contributed by atoms with Crippen LogP contribution in [-0.2, 0) is 16.6 Å². The molecule has 7 heteroatoms. The summed E-state index contributed by atoms with van der Waals surface area (Å²) in [5.41, 5.74) is 2.59. The number of nitrogens with zero attached hydrogens (tertiary/aromatic N) is 2. The maximum atomic E-state index is 12.6. The van der Waals surface area contributed by atoms with Crippen LogP contribution in [0, 0.1) is 0 Å². The molecule has 2 aromatic carbocycles. The van der Waals surface area contributed by atoms with Crippen molar-refractivity contribution >= 4 is 31.6 Å². The highest BCUT2D eigenvalue weighted by Crippen LogP contribution is 2.21. The molecule has 0 radical (unpaired) electrons. The first kappa shape index (κ1) is 18.7. The first-order chi connectivity index (χ1) is 12.3. The Morgan fingerprint density at radius 1 is 1.15 bits per heavy atom. The number of rotatable bonds is 6. The van der Waals surface area contributed by atoms with Gasteiger partial charge < -0.3 is 0 Å². The average molecular weight is 434 g/mol. The summed E-state index contributed by atoms with van der Waals surface area (Å²) in [7, 11) is -3.62. The van der Waals surface area contributed by atoms with E-state index >= 15 is 0 Å². The van der Waals surface area contributed by atoms with E-state index in [-0.39, 0.29) is 4.90 Å². The zero-order chi connectivity index (χ0) is 18.7. The minimum atomic E-state index is -3.62. The van der Waals surface area contributed by atoms with Crippen LogP contribution in [0.1, 0.15) is 30.9 Å². The molecule has 0 amide bonds. The van der Waals surface area contributed by atoms with Gasteiger partial charge in [0.05, 0.1) is 22.1 Å². The lowest BCUT2D eigenvalue weighted by Gasteiger charge is -2.11. The third-order valence-electron chi connectivity index (χ3n) is 3.98. The van der Waals surface area contributed by atoms with Crippen molar-refractivity contribution in [2.75, 3.05) is 4.72 Å². The zero-order valence-corrected chi connectivity index (χ0v) is 17.0. The largest absolute Gasteiger partial charge is 0.280 e. The molecule has 1 heterocycles. The second-order valence-corrected chi connectivity index (χ2v) is 8.98. The molecule has 0 aliphatic rings. The predicted octanol–water partition coefficient (Wildman–Crippen LogP) is 4.62. The molecular formula is C19H20BrN3O2S. The Hall–Kier alpha value is -2.12. The molecule has 26 heavy (non-hydrogen) atoms. The molecule has 1 N–H and O–H groups in total. The van der Waals surface area contributed by atoms with Crippen LogP contribution in [0.2, 0.25) is 0 Å². The van der Waals surface area contributed by atoms with Crippen LogP contribution in [0.3, 0.4) is 0 Å². The van der Waals surface area contributed by atoms with Crippen molar-refractivity contribution in [1.29, 1.82) is 0 Å². The molecule has 3 rings (SSSR count). The van der Waals surface area contributed by atoms with E-state index < -0.39 is 10.0 Å². The number of aromatic nitrogens is 2. The van der Waals surface area contributed by atoms with Gasteiger partial charge in [-0.15, -0.1) is 0 Å². The first-order valence-corrected chi connectivity index (χ1v) is 10.5. The number of hydrogen-bond donors (Lipinski definition) is 1. The van der Waals surface area contributed by atoms with E-state index in [1.807, 2.05) is 36.5 Å². The summed E-state index contributed by atoms with van der Waals surface area (Å²) in [6.45, 7) is 4.71. The third kappa shape index (κ3) is 4.53. The van der Waals surface area contributed by atoms with Gasteiger partial charge in [0.2, 0.25) is 0 Å². The van der Waals surface area contributed by atoms with Gasteiger partial charge in [-0.3, -0.25) is 9.40 Å². The molecule has 0 fully saturated rings. The van der Waals surface area contributed by atoms with Crippen molar-refractivity contribution in [3.05, 3.63) is 76.5 Å². The molecule has 0 saturated carbocycles. The van der Waals surface area contributed by atoms with E-state index in [0.29, 0.717) is 18.2 Å². The molecule has 0 saturated heterocycles. The summed E-state index contributed by atoms with van der Waals surface area (Å²) in [4.78, 5) is 0.253. The number of hydrogen-bond acceptors (Lipinski definition) is 3. The lowest BCUT2D eigenvalue weighted by atomic mass is 10.0. The highest BCUT2D eigenvalue weighted by atomic mass is 79.9. The maximum absolute atomic E-state index is 12.6. The van der Waals surface area contributed by atoms with Crippen LogP contribution in [0.5, 0.6) is 0 Å². The van der Waals surface area contributed by atoms with E-state index in [0.717, 1.165) is 15.6 Å². The second kappa shape index (κ2) is 7.63. The molecule has 0 unspecified atom stereocenters. The van der Waals surface area contributed by atoms with Crippen LogP contribution in [0.4, 0.5) is 5.69 Å². The van der Waals surface area contributed by atoms with E-state index in [1.165, 1.54) is 0 Å². The fourth-order valence-corrected chi connectivity index (χ4v) is 3.97. The molecule has 0 bridgehead atoms. The zero-order valence-electron chi connectivity index (χ0n) is 14.6. The van der Waals surface area contributed by atoms with Crippen molar-refractivity contribution in [2.24, 2.45) is 0 Å². The molecule has 0 aliphatic carbocycles. The van der Waals surface area contributed by atoms with Crippen LogP contribution in [-0.4, -0.2) is 18.2 Å². The highest BCUT2D eigenvalue weighted by molar-refractivity contribution is 9.10. The number of halogens is 1. The summed E-state index contributed by atoms with van der Waals surface area (Å²) < 4.78 is 30.6. The Bertz CT molecular complexity index is 996. The fraction of sp³-hybridized carbons (Fsp3) is 0.211. The average Bonchev–Trinajstić information content (AvgIpc) is 2.99. The van der Waals surface area contributed by atoms with Crippen molar-refractivity contribution < 1.29 is 8.42 Å². The van der Waals surface area contributed by atoms with Gasteiger partial charge in [0.25, 0.3) is 10.0 Å². The number of anilines is 1. The molecule has 0 aliphatic heterocycles. The first-order valence-electron chi connectivity index (χ1n) is 8.23. The van der Waals surface area contributed by atoms with Crippen LogP contribution in [0.15, 0.2) is 70.3 Å². The third-order valence-corrected chi connectivity index (χ3v) is 5.79. The summed E-state index contributed by atoms with van der Waals surface area (Å²) in [6, 6.07) is 14.3. The Balaban J connectivity index is 1.78. The lowest BCUT2D eigenvalue weighted by molar-refractivity contribution is 0.601. The van der Waals surface area contributed by atoms with Crippen molar-refractivity contribution in [3.8, 4) is 0 Å². The van der Waals surface area contributed by atoms with Crippen molar-refractivity contribution in [3.63, 3.8) is 0 Å². The SMILES string of the molecule is CC(C)c1ccc(S(=O)(=O)Nc2cccc(Cn3cc(Br)cn3)c2)cc1. The standard InChI is InChI=1S/C19H20BrN3O2S/c1-14(2)16-6-8-19(9-7-16)26(24,25)22-18-5-3-4-15(10-18)12-23-13-17(20)11-21-23/h3-11,13-14,22H,12H2,1-2H3. The Morgan fingerprint density at radius 3 is 2.50 bits per heavy atom. The molecule has 136 valence electrons. The van der Waals surface area contributed by atoms with Gasteiger partial charge in [-0.05, 0) is 57.2 Å². The highest BCUT2D eigenvalue weighted by Gasteiger charge is 2.14. The molecule has 3 aromatic rings. The maximum Gasteiger partial charge on any atom is 0.261 e. The molecule has 1 aromatic heterocycles. The van der Waals surface area contributed by atoms with Gasteiger partial charge in [-0.25, -0.2) is 8.42 Å². The minimum absolute atomic E-state index is 0.253. The summed E-state index contributed by atoms with van der Waals surface area (Å²) in [5.74, 6) is 0.360. The quantitative estimate of drug-likeness (QED) is 0.616. The van der Waals surface area contributed by atoms with Gasteiger partial charge >= 0.3 is 0 Å². The van der Waals surface area contributed by atoms with E-state index in [9.17, 15) is 8.42 Å². The van der Waals surface area contributed by atoms with Gasteiger partial charge in [-0.2, -0.15) is 5.10 Å². The number of sulfonamides is 1. The fourth-order valence-electron chi connectivity index (χ4n) is 2.59. The summed E-state index contributed by atoms with van der Waals surface area (Å²) >= 11 is 3.36. The molecular weight excluding hydrogens is 414 g/mol. The lowest BCUT2D eigenvalue weighted by Crippen LogP contribution is -2.13. The topological polar surface area (TPSA) is 64.0 Å². The van der Waals surface area contributed by atoms with Crippen LogP contribution < -0.4 is 4.72 Å². The normalized spacial score (nSPS) is 11.7. The second-order valence-electron chi connectivity index (χ2n) is 6.39.